The largest absolute Gasteiger partial charge is 0.475 e. The molecule has 0 bridgehead atoms. The number of nitrogens with two attached hydrogens (primary N) is 1. The van der Waals surface area contributed by atoms with Gasteiger partial charge in [0.1, 0.15) is 6.61 Å². The number of carbonyl (C=O) groups is 1. The van der Waals surface area contributed by atoms with Gasteiger partial charge in [-0.1, -0.05) is 12.1 Å². The lowest BCUT2D eigenvalue weighted by molar-refractivity contribution is 0.0320. The minimum Gasteiger partial charge on any atom is -0.475 e. The molecule has 2 aromatic rings. The maximum Gasteiger partial charge on any atom is 0.340 e. The highest BCUT2D eigenvalue weighted by atomic mass is 16.5. The first-order valence-electron chi connectivity index (χ1n) is 6.96. The number of morpholine rings is 1. The average molecular weight is 290 g/mol. The second-order valence-corrected chi connectivity index (χ2v) is 4.87. The molecule has 1 amide bonds. The summed E-state index contributed by atoms with van der Waals surface area (Å²) in [7, 11) is 0. The fraction of sp³-hybridized carbons (Fsp3) is 0.429. The predicted molar refractivity (Wildman–Crippen MR) is 77.5 cm³/mol. The summed E-state index contributed by atoms with van der Waals surface area (Å²) in [5, 5.41) is 4.94. The molecule has 1 aromatic heterocycles. The molecule has 1 aliphatic heterocycles. The number of ether oxygens (including phenoxy) is 2. The molecule has 0 unspecified atom stereocenters. The molecule has 1 fully saturated rings. The Morgan fingerprint density at radius 2 is 2.10 bits per heavy atom. The SMILES string of the molecule is NC(=O)n1nc(OCCN2CCOCC2)c2ccccc21. The molecule has 112 valence electrons. The van der Waals surface area contributed by atoms with E-state index < -0.39 is 6.03 Å². The summed E-state index contributed by atoms with van der Waals surface area (Å²) in [5.74, 6) is 0.442. The van der Waals surface area contributed by atoms with Crippen LogP contribution in [0.3, 0.4) is 0 Å². The molecule has 3 rings (SSSR count). The molecular formula is C14H18N4O3. The minimum absolute atomic E-state index is 0.442. The van der Waals surface area contributed by atoms with E-state index in [0.717, 1.165) is 38.2 Å². The number of hydrogen-bond donors (Lipinski definition) is 1. The van der Waals surface area contributed by atoms with Crippen molar-refractivity contribution < 1.29 is 14.3 Å². The van der Waals surface area contributed by atoms with Crippen LogP contribution in [-0.2, 0) is 4.74 Å². The number of rotatable bonds is 4. The van der Waals surface area contributed by atoms with Crippen LogP contribution in [0.4, 0.5) is 4.79 Å². The number of nitrogens with zero attached hydrogens (tertiary/aromatic N) is 3. The van der Waals surface area contributed by atoms with Crippen LogP contribution in [0, 0.1) is 0 Å². The van der Waals surface area contributed by atoms with Crippen LogP contribution in [0.25, 0.3) is 10.9 Å². The van der Waals surface area contributed by atoms with Crippen LogP contribution in [0.5, 0.6) is 5.88 Å². The van der Waals surface area contributed by atoms with E-state index in [-0.39, 0.29) is 0 Å². The van der Waals surface area contributed by atoms with Gasteiger partial charge in [0.05, 0.1) is 24.1 Å². The molecule has 2 heterocycles. The molecule has 2 N–H and O–H groups in total. The first-order valence-corrected chi connectivity index (χ1v) is 6.96. The number of carbonyl (C=O) groups excluding carboxylic acids is 1. The molecule has 0 atom stereocenters. The van der Waals surface area contributed by atoms with Crippen LogP contribution < -0.4 is 10.5 Å². The number of benzene rings is 1. The first kappa shape index (κ1) is 13.8. The Morgan fingerprint density at radius 3 is 2.86 bits per heavy atom. The highest BCUT2D eigenvalue weighted by Gasteiger charge is 2.15. The van der Waals surface area contributed by atoms with Crippen molar-refractivity contribution in [3.05, 3.63) is 24.3 Å². The van der Waals surface area contributed by atoms with Crippen LogP contribution in [0.15, 0.2) is 24.3 Å². The fourth-order valence-electron chi connectivity index (χ4n) is 2.41. The van der Waals surface area contributed by atoms with Crippen LogP contribution in [0.1, 0.15) is 0 Å². The van der Waals surface area contributed by atoms with Gasteiger partial charge in [-0.3, -0.25) is 4.90 Å². The summed E-state index contributed by atoms with van der Waals surface area (Å²) in [4.78, 5) is 13.7. The maximum absolute atomic E-state index is 11.4. The molecule has 1 aliphatic rings. The van der Waals surface area contributed by atoms with E-state index in [1.54, 1.807) is 6.07 Å². The molecule has 21 heavy (non-hydrogen) atoms. The van der Waals surface area contributed by atoms with Gasteiger partial charge in [0.25, 0.3) is 0 Å². The van der Waals surface area contributed by atoms with Gasteiger partial charge in [0.2, 0.25) is 5.88 Å². The Morgan fingerprint density at radius 1 is 1.33 bits per heavy atom. The van der Waals surface area contributed by atoms with E-state index in [9.17, 15) is 4.79 Å². The Labute approximate surface area is 122 Å². The van der Waals surface area contributed by atoms with E-state index in [4.69, 9.17) is 15.2 Å². The summed E-state index contributed by atoms with van der Waals surface area (Å²) in [6.07, 6.45) is 0. The van der Waals surface area contributed by atoms with Crippen molar-refractivity contribution >= 4 is 16.9 Å². The van der Waals surface area contributed by atoms with Gasteiger partial charge in [0, 0.05) is 19.6 Å². The van der Waals surface area contributed by atoms with Gasteiger partial charge in [0.15, 0.2) is 0 Å². The third-order valence-electron chi connectivity index (χ3n) is 3.51. The molecule has 1 aromatic carbocycles. The zero-order valence-corrected chi connectivity index (χ0v) is 11.7. The molecule has 7 nitrogen and oxygen atoms in total. The van der Waals surface area contributed by atoms with E-state index in [2.05, 4.69) is 10.00 Å². The van der Waals surface area contributed by atoms with E-state index in [1.165, 1.54) is 4.68 Å². The van der Waals surface area contributed by atoms with Gasteiger partial charge in [-0.2, -0.15) is 4.68 Å². The van der Waals surface area contributed by atoms with E-state index in [1.807, 2.05) is 18.2 Å². The number of hydrogen-bond acceptors (Lipinski definition) is 5. The van der Waals surface area contributed by atoms with Crippen molar-refractivity contribution in [3.8, 4) is 5.88 Å². The summed E-state index contributed by atoms with van der Waals surface area (Å²) in [6, 6.07) is 6.76. The van der Waals surface area contributed by atoms with Crippen LogP contribution >= 0.6 is 0 Å². The van der Waals surface area contributed by atoms with Gasteiger partial charge in [-0.05, 0) is 12.1 Å². The summed E-state index contributed by atoms with van der Waals surface area (Å²) in [5.41, 5.74) is 5.98. The second-order valence-electron chi connectivity index (χ2n) is 4.87. The molecule has 0 radical (unpaired) electrons. The zero-order valence-electron chi connectivity index (χ0n) is 11.7. The third kappa shape index (κ3) is 2.98. The lowest BCUT2D eigenvalue weighted by Gasteiger charge is -2.26. The maximum atomic E-state index is 11.4. The Kier molecular flexibility index (Phi) is 4.03. The molecular weight excluding hydrogens is 272 g/mol. The van der Waals surface area contributed by atoms with Gasteiger partial charge < -0.3 is 15.2 Å². The Bertz CT molecular complexity index is 634. The lowest BCUT2D eigenvalue weighted by Crippen LogP contribution is -2.38. The minimum atomic E-state index is -0.616. The number of primary amides is 1. The van der Waals surface area contributed by atoms with E-state index >= 15 is 0 Å². The van der Waals surface area contributed by atoms with Crippen molar-refractivity contribution in [1.29, 1.82) is 0 Å². The summed E-state index contributed by atoms with van der Waals surface area (Å²) >= 11 is 0. The second kappa shape index (κ2) is 6.11. The summed E-state index contributed by atoms with van der Waals surface area (Å²) < 4.78 is 12.2. The highest BCUT2D eigenvalue weighted by Crippen LogP contribution is 2.24. The smallest absolute Gasteiger partial charge is 0.340 e. The number of aromatic nitrogens is 2. The molecule has 1 saturated heterocycles. The zero-order chi connectivity index (χ0) is 14.7. The van der Waals surface area contributed by atoms with E-state index in [0.29, 0.717) is 18.0 Å². The first-order chi connectivity index (χ1) is 10.3. The van der Waals surface area contributed by atoms with Crippen LogP contribution in [-0.4, -0.2) is 60.2 Å². The molecule has 0 saturated carbocycles. The van der Waals surface area contributed by atoms with Crippen molar-refractivity contribution in [2.75, 3.05) is 39.5 Å². The van der Waals surface area contributed by atoms with Gasteiger partial charge in [-0.15, -0.1) is 5.10 Å². The quantitative estimate of drug-likeness (QED) is 0.895. The highest BCUT2D eigenvalue weighted by molar-refractivity contribution is 5.92. The van der Waals surface area contributed by atoms with Crippen molar-refractivity contribution in [2.45, 2.75) is 0 Å². The Hall–Kier alpha value is -2.12. The van der Waals surface area contributed by atoms with Crippen molar-refractivity contribution in [1.82, 2.24) is 14.7 Å². The topological polar surface area (TPSA) is 82.6 Å². The van der Waals surface area contributed by atoms with Crippen LogP contribution in [0.2, 0.25) is 0 Å². The standard InChI is InChI=1S/C14H18N4O3/c15-14(19)18-12-4-2-1-3-11(12)13(16-18)21-10-7-17-5-8-20-9-6-17/h1-4H,5-10H2,(H2,15,19). The molecule has 0 spiro atoms. The monoisotopic (exact) mass is 290 g/mol. The normalized spacial score (nSPS) is 16.2. The molecule has 0 aliphatic carbocycles. The van der Waals surface area contributed by atoms with Crippen molar-refractivity contribution in [3.63, 3.8) is 0 Å². The average Bonchev–Trinajstić information content (AvgIpc) is 2.88. The molecule has 7 heteroatoms. The third-order valence-corrected chi connectivity index (χ3v) is 3.51. The van der Waals surface area contributed by atoms with Gasteiger partial charge >= 0.3 is 6.03 Å². The summed E-state index contributed by atoms with van der Waals surface area (Å²) in [6.45, 7) is 4.68. The van der Waals surface area contributed by atoms with Crippen molar-refractivity contribution in [2.24, 2.45) is 5.73 Å². The Balaban J connectivity index is 1.70. The number of fused-ring (bicyclic) bond motifs is 1. The number of para-hydroxylation sites is 1. The van der Waals surface area contributed by atoms with Gasteiger partial charge in [-0.25, -0.2) is 4.79 Å². The fourth-order valence-corrected chi connectivity index (χ4v) is 2.41. The predicted octanol–water partition coefficient (Wildman–Crippen LogP) is 0.674. The lowest BCUT2D eigenvalue weighted by atomic mass is 10.2. The number of amides is 1.